The molecule has 0 amide bonds. The molecule has 0 spiro atoms. The summed E-state index contributed by atoms with van der Waals surface area (Å²) in [5, 5.41) is 2.16. The fourth-order valence-electron chi connectivity index (χ4n) is 3.08. The molecule has 0 N–H and O–H groups in total. The molecule has 4 rings (SSSR count). The summed E-state index contributed by atoms with van der Waals surface area (Å²) in [4.78, 5) is -4.62. The maximum atomic E-state index is 6.90. The van der Waals surface area contributed by atoms with Crippen molar-refractivity contribution in [1.82, 2.24) is 0 Å². The van der Waals surface area contributed by atoms with Crippen molar-refractivity contribution < 1.29 is 8.47 Å². The van der Waals surface area contributed by atoms with E-state index in [1.165, 1.54) is 0 Å². The van der Waals surface area contributed by atoms with Crippen molar-refractivity contribution in [3.63, 3.8) is 0 Å². The first-order valence-corrected chi connectivity index (χ1v) is 12.5. The molecule has 2 aromatic heterocycles. The van der Waals surface area contributed by atoms with Gasteiger partial charge < -0.3 is 0 Å². The van der Waals surface area contributed by atoms with Crippen LogP contribution in [0.5, 0.6) is 0 Å². The maximum absolute atomic E-state index is 6.90. The summed E-state index contributed by atoms with van der Waals surface area (Å²) in [6.07, 6.45) is 3.73. The zero-order chi connectivity index (χ0) is 13.5. The molecule has 1 aliphatic heterocycles. The second kappa shape index (κ2) is 2.77. The monoisotopic (exact) mass is 328 g/mol. The van der Waals surface area contributed by atoms with Gasteiger partial charge in [0.2, 0.25) is 0 Å². The molecule has 0 atom stereocenters. The summed E-state index contributed by atoms with van der Waals surface area (Å²) in [6, 6.07) is 12.1. The molecule has 98 valence electrons. The van der Waals surface area contributed by atoms with Crippen LogP contribution in [0.3, 0.4) is 0 Å². The summed E-state index contributed by atoms with van der Waals surface area (Å²) in [5.74, 6) is 0. The fourth-order valence-corrected chi connectivity index (χ4v) is 8.41. The minimum absolute atomic E-state index is 0.993. The van der Waals surface area contributed by atoms with Crippen LogP contribution in [0.1, 0.15) is 0 Å². The van der Waals surface area contributed by atoms with Crippen LogP contribution >= 0.6 is 33.2 Å². The summed E-state index contributed by atoms with van der Waals surface area (Å²) in [5.41, 5.74) is 1.99. The Morgan fingerprint density at radius 1 is 0.789 bits per heavy atom. The van der Waals surface area contributed by atoms with Crippen LogP contribution in [0.25, 0.3) is 21.8 Å². The van der Waals surface area contributed by atoms with Gasteiger partial charge >= 0.3 is 124 Å². The van der Waals surface area contributed by atoms with Crippen LogP contribution in [0.4, 0.5) is 0 Å². The number of hydrogen-bond donors (Lipinski definition) is 0. The molecule has 0 radical (unpaired) electrons. The predicted octanol–water partition coefficient (Wildman–Crippen LogP) is 3.46. The fraction of sp³-hybridized carbons (Fsp3) is 0.0769. The first kappa shape index (κ1) is 11.9. The zero-order valence-electron chi connectivity index (χ0n) is 10.1. The van der Waals surface area contributed by atoms with Crippen LogP contribution in [-0.4, -0.2) is 4.88 Å². The molecule has 0 saturated carbocycles. The van der Waals surface area contributed by atoms with Crippen LogP contribution in [-0.2, 0) is 0 Å². The van der Waals surface area contributed by atoms with Gasteiger partial charge in [0.05, 0.1) is 0 Å². The van der Waals surface area contributed by atoms with Crippen molar-refractivity contribution >= 4 is 59.9 Å². The summed E-state index contributed by atoms with van der Waals surface area (Å²) in [6.45, 7) is 1.75. The van der Waals surface area contributed by atoms with E-state index in [4.69, 9.17) is 33.2 Å². The molecule has 0 bridgehead atoms. The molecule has 6 heteroatoms. The second-order valence-electron chi connectivity index (χ2n) is 5.53. The van der Waals surface area contributed by atoms with Gasteiger partial charge in [0, 0.05) is 0 Å². The van der Waals surface area contributed by atoms with E-state index in [0.717, 1.165) is 21.8 Å². The van der Waals surface area contributed by atoms with E-state index >= 15 is 0 Å². The number of benzene rings is 1. The molecule has 0 fully saturated rings. The predicted molar refractivity (Wildman–Crippen MR) is 81.8 cm³/mol. The van der Waals surface area contributed by atoms with Crippen LogP contribution in [0.2, 0.25) is 6.55 Å². The standard InChI is InChI=1S/C13H11Cl3N2Si/c1-19(14,15,16)17-8-2-4-10-6-7-11-5-3-9-18(19)13(11)12(10)17/h2-9H,1H3. The van der Waals surface area contributed by atoms with E-state index in [0.29, 0.717) is 0 Å². The molecule has 2 nitrogen and oxygen atoms in total. The third-order valence-electron chi connectivity index (χ3n) is 3.96. The van der Waals surface area contributed by atoms with Crippen LogP contribution < -0.4 is 8.47 Å². The molecule has 0 unspecified atom stereocenters. The molecule has 3 aromatic rings. The first-order chi connectivity index (χ1) is 8.72. The van der Waals surface area contributed by atoms with E-state index in [9.17, 15) is 0 Å². The number of hydrogen-bond acceptors (Lipinski definition) is 0. The Morgan fingerprint density at radius 3 is 1.63 bits per heavy atom. The average Bonchev–Trinajstić information content (AvgIpc) is 2.52. The topological polar surface area (TPSA) is 7.76 Å². The van der Waals surface area contributed by atoms with E-state index in [1.54, 1.807) is 6.55 Å². The van der Waals surface area contributed by atoms with Gasteiger partial charge in [-0.3, -0.25) is 0 Å². The SMILES string of the molecule is C[Si-2]1(Cl)(Cl)(Cl)[n+]2cccc3ccc4ccc[n+]1c4c32. The molecular weight excluding hydrogens is 319 g/mol. The first-order valence-electron chi connectivity index (χ1n) is 6.05. The number of aromatic nitrogens is 2. The number of rotatable bonds is 0. The van der Waals surface area contributed by atoms with E-state index in [1.807, 2.05) is 45.1 Å². The van der Waals surface area contributed by atoms with Gasteiger partial charge in [-0.05, 0) is 0 Å². The van der Waals surface area contributed by atoms with E-state index < -0.39 is 4.88 Å². The molecule has 0 aliphatic carbocycles. The molecule has 0 saturated heterocycles. The van der Waals surface area contributed by atoms with Crippen molar-refractivity contribution in [3.8, 4) is 0 Å². The normalized spacial score (nSPS) is 24.8. The third kappa shape index (κ3) is 1.24. The van der Waals surface area contributed by atoms with Crippen molar-refractivity contribution in [2.75, 3.05) is 0 Å². The number of pyridine rings is 2. The van der Waals surface area contributed by atoms with Crippen molar-refractivity contribution in [1.29, 1.82) is 0 Å². The molecule has 3 heterocycles. The van der Waals surface area contributed by atoms with Crippen molar-refractivity contribution in [2.24, 2.45) is 0 Å². The third-order valence-corrected chi connectivity index (χ3v) is 10.5. The van der Waals surface area contributed by atoms with Gasteiger partial charge in [-0.1, -0.05) is 0 Å². The van der Waals surface area contributed by atoms with Crippen LogP contribution in [0, 0.1) is 0 Å². The molecule has 1 aromatic carbocycles. The second-order valence-corrected chi connectivity index (χ2v) is 21.8. The van der Waals surface area contributed by atoms with E-state index in [-0.39, 0.29) is 0 Å². The van der Waals surface area contributed by atoms with Gasteiger partial charge in [0.15, 0.2) is 0 Å². The Bertz CT molecular complexity index is 830. The molecule has 19 heavy (non-hydrogen) atoms. The van der Waals surface area contributed by atoms with Gasteiger partial charge in [-0.15, -0.1) is 0 Å². The molecule has 1 aliphatic rings. The minimum atomic E-state index is -4.62. The number of halogens is 3. The Morgan fingerprint density at radius 2 is 1.21 bits per heavy atom. The summed E-state index contributed by atoms with van der Waals surface area (Å²) in [7, 11) is 0. The van der Waals surface area contributed by atoms with Crippen LogP contribution in [0.15, 0.2) is 48.8 Å². The zero-order valence-corrected chi connectivity index (χ0v) is 13.4. The van der Waals surface area contributed by atoms with Gasteiger partial charge in [-0.2, -0.15) is 0 Å². The van der Waals surface area contributed by atoms with Gasteiger partial charge in [-0.25, -0.2) is 0 Å². The van der Waals surface area contributed by atoms with Crippen molar-refractivity contribution in [3.05, 3.63) is 48.8 Å². The molecular formula is C13H11Cl3N2Si. The Hall–Kier alpha value is -0.873. The summed E-state index contributed by atoms with van der Waals surface area (Å²) >= 11 is 20.7. The quantitative estimate of drug-likeness (QED) is 0.339. The Labute approximate surface area is 123 Å². The van der Waals surface area contributed by atoms with Crippen molar-refractivity contribution in [2.45, 2.75) is 6.55 Å². The summed E-state index contributed by atoms with van der Waals surface area (Å²) < 4.78 is 3.72. The van der Waals surface area contributed by atoms with Gasteiger partial charge in [0.1, 0.15) is 0 Å². The Balaban J connectivity index is 2.49. The Kier molecular flexibility index (Phi) is 1.73. The number of nitrogens with zero attached hydrogens (tertiary/aromatic N) is 2. The average molecular weight is 330 g/mol. The van der Waals surface area contributed by atoms with E-state index in [2.05, 4.69) is 12.1 Å². The van der Waals surface area contributed by atoms with Gasteiger partial charge in [0.25, 0.3) is 0 Å².